The van der Waals surface area contributed by atoms with Gasteiger partial charge < -0.3 is 5.32 Å². The van der Waals surface area contributed by atoms with Gasteiger partial charge >= 0.3 is 0 Å². The van der Waals surface area contributed by atoms with Gasteiger partial charge in [0.1, 0.15) is 5.82 Å². The molecule has 1 aliphatic rings. The molecule has 0 unspecified atom stereocenters. The second-order valence-electron chi connectivity index (χ2n) is 7.08. The average molecular weight is 393 g/mol. The van der Waals surface area contributed by atoms with Gasteiger partial charge in [-0.3, -0.25) is 9.89 Å². The zero-order valence-corrected chi connectivity index (χ0v) is 16.5. The van der Waals surface area contributed by atoms with Gasteiger partial charge in [0.25, 0.3) is 0 Å². The number of H-pyrrole nitrogens is 1. The lowest BCUT2D eigenvalue weighted by Crippen LogP contribution is -2.27. The predicted octanol–water partition coefficient (Wildman–Crippen LogP) is 4.11. The summed E-state index contributed by atoms with van der Waals surface area (Å²) in [7, 11) is 0. The first-order valence-corrected chi connectivity index (χ1v) is 10.7. The van der Waals surface area contributed by atoms with Crippen LogP contribution in [0.3, 0.4) is 0 Å². The maximum atomic E-state index is 12.2. The van der Waals surface area contributed by atoms with Crippen LogP contribution in [-0.2, 0) is 4.79 Å². The monoisotopic (exact) mass is 392 g/mol. The average Bonchev–Trinajstić information content (AvgIpc) is 3.49. The van der Waals surface area contributed by atoms with Crippen LogP contribution in [0.4, 0.5) is 0 Å². The molecule has 0 radical (unpaired) electrons. The van der Waals surface area contributed by atoms with Crippen molar-refractivity contribution in [2.24, 2.45) is 0 Å². The van der Waals surface area contributed by atoms with Crippen LogP contribution in [0.1, 0.15) is 48.0 Å². The Balaban J connectivity index is 1.28. The summed E-state index contributed by atoms with van der Waals surface area (Å²) in [5.41, 5.74) is 2.54. The van der Waals surface area contributed by atoms with E-state index in [0.29, 0.717) is 23.4 Å². The molecule has 3 aromatic rings. The third-order valence-electron chi connectivity index (χ3n) is 4.94. The van der Waals surface area contributed by atoms with E-state index in [4.69, 9.17) is 0 Å². The molecule has 1 aliphatic carbocycles. The molecule has 1 saturated carbocycles. The number of hydrogen-bond acceptors (Lipinski definition) is 4. The van der Waals surface area contributed by atoms with Crippen molar-refractivity contribution in [2.75, 3.05) is 12.3 Å². The van der Waals surface area contributed by atoms with Gasteiger partial charge in [-0.05, 0) is 30.4 Å². The Morgan fingerprint density at radius 3 is 2.32 bits per heavy atom. The number of rotatable bonds is 9. The fraction of sp³-hybridized carbons (Fsp3) is 0.318. The topological polar surface area (TPSA) is 70.7 Å². The summed E-state index contributed by atoms with van der Waals surface area (Å²) in [6, 6.07) is 20.9. The van der Waals surface area contributed by atoms with Crippen LogP contribution in [0.25, 0.3) is 0 Å². The fourth-order valence-corrected chi connectivity index (χ4v) is 3.93. The molecule has 28 heavy (non-hydrogen) atoms. The molecule has 6 heteroatoms. The molecule has 0 saturated heterocycles. The zero-order chi connectivity index (χ0) is 19.2. The van der Waals surface area contributed by atoms with E-state index in [-0.39, 0.29) is 11.8 Å². The van der Waals surface area contributed by atoms with Crippen LogP contribution in [0, 0.1) is 0 Å². The summed E-state index contributed by atoms with van der Waals surface area (Å²) in [4.78, 5) is 16.7. The maximum Gasteiger partial charge on any atom is 0.230 e. The second-order valence-corrected chi connectivity index (χ2v) is 8.02. The summed E-state index contributed by atoms with van der Waals surface area (Å²) in [5, 5.41) is 10.9. The van der Waals surface area contributed by atoms with Gasteiger partial charge in [-0.25, -0.2) is 4.98 Å². The number of aromatic amines is 1. The third kappa shape index (κ3) is 5.01. The number of benzene rings is 2. The minimum absolute atomic E-state index is 0.0163. The Morgan fingerprint density at radius 2 is 1.71 bits per heavy atom. The molecule has 0 bridgehead atoms. The molecule has 1 aromatic heterocycles. The van der Waals surface area contributed by atoms with E-state index >= 15 is 0 Å². The quantitative estimate of drug-likeness (QED) is 0.538. The number of nitrogens with zero attached hydrogens (tertiary/aromatic N) is 2. The third-order valence-corrected chi connectivity index (χ3v) is 5.78. The Kier molecular flexibility index (Phi) is 6.07. The molecular formula is C22H24N4OS. The highest BCUT2D eigenvalue weighted by Gasteiger charge is 2.27. The summed E-state index contributed by atoms with van der Waals surface area (Å²) in [5.74, 6) is 2.12. The van der Waals surface area contributed by atoms with Gasteiger partial charge in [0, 0.05) is 18.4 Å². The molecule has 1 heterocycles. The molecule has 2 aromatic carbocycles. The Hall–Kier alpha value is -2.60. The van der Waals surface area contributed by atoms with Gasteiger partial charge in [0.2, 0.25) is 11.1 Å². The van der Waals surface area contributed by atoms with E-state index in [1.54, 1.807) is 0 Å². The van der Waals surface area contributed by atoms with E-state index in [1.165, 1.54) is 35.7 Å². The van der Waals surface area contributed by atoms with Crippen molar-refractivity contribution in [1.82, 2.24) is 20.5 Å². The lowest BCUT2D eigenvalue weighted by molar-refractivity contribution is -0.118. The summed E-state index contributed by atoms with van der Waals surface area (Å²) < 4.78 is 0. The lowest BCUT2D eigenvalue weighted by Gasteiger charge is -2.18. The zero-order valence-electron chi connectivity index (χ0n) is 15.7. The number of nitrogens with one attached hydrogen (secondary N) is 2. The second kappa shape index (κ2) is 9.06. The molecule has 0 spiro atoms. The van der Waals surface area contributed by atoms with Gasteiger partial charge in [0.05, 0.1) is 5.75 Å². The SMILES string of the molecule is O=C(CSc1n[nH]c(C2CC2)n1)NCCC(c1ccccc1)c1ccccc1. The molecule has 1 fully saturated rings. The number of carbonyl (C=O) groups is 1. The lowest BCUT2D eigenvalue weighted by atomic mass is 9.88. The highest BCUT2D eigenvalue weighted by molar-refractivity contribution is 7.99. The van der Waals surface area contributed by atoms with Crippen LogP contribution in [0.2, 0.25) is 0 Å². The number of carbonyl (C=O) groups excluding carboxylic acids is 1. The van der Waals surface area contributed by atoms with Gasteiger partial charge in [0.15, 0.2) is 0 Å². The minimum atomic E-state index is 0.0163. The molecule has 144 valence electrons. The largest absolute Gasteiger partial charge is 0.355 e. The van der Waals surface area contributed by atoms with E-state index in [1.807, 2.05) is 12.1 Å². The standard InChI is InChI=1S/C22H24N4OS/c27-20(15-28-22-24-21(25-26-22)18-11-12-18)23-14-13-19(16-7-3-1-4-8-16)17-9-5-2-6-10-17/h1-10,18-19H,11-15H2,(H,23,27)(H,24,25,26). The van der Waals surface area contributed by atoms with Crippen LogP contribution in [-0.4, -0.2) is 33.4 Å². The molecule has 1 amide bonds. The van der Waals surface area contributed by atoms with E-state index in [9.17, 15) is 4.79 Å². The van der Waals surface area contributed by atoms with Crippen molar-refractivity contribution < 1.29 is 4.79 Å². The van der Waals surface area contributed by atoms with Gasteiger partial charge in [-0.15, -0.1) is 5.10 Å². The highest BCUT2D eigenvalue weighted by atomic mass is 32.2. The Bertz CT molecular complexity index is 854. The number of thioether (sulfide) groups is 1. The first kappa shape index (κ1) is 18.7. The molecule has 4 rings (SSSR count). The first-order valence-electron chi connectivity index (χ1n) is 9.71. The summed E-state index contributed by atoms with van der Waals surface area (Å²) in [6.45, 7) is 0.634. The smallest absolute Gasteiger partial charge is 0.230 e. The molecule has 0 atom stereocenters. The van der Waals surface area contributed by atoms with Crippen LogP contribution >= 0.6 is 11.8 Å². The van der Waals surface area contributed by atoms with Crippen LogP contribution < -0.4 is 5.32 Å². The highest BCUT2D eigenvalue weighted by Crippen LogP contribution is 2.38. The predicted molar refractivity (Wildman–Crippen MR) is 111 cm³/mol. The van der Waals surface area contributed by atoms with Crippen molar-refractivity contribution in [1.29, 1.82) is 0 Å². The first-order chi connectivity index (χ1) is 13.8. The van der Waals surface area contributed by atoms with E-state index in [2.05, 4.69) is 69.0 Å². The van der Waals surface area contributed by atoms with Crippen LogP contribution in [0.15, 0.2) is 65.8 Å². The van der Waals surface area contributed by atoms with E-state index < -0.39 is 0 Å². The van der Waals surface area contributed by atoms with Gasteiger partial charge in [-0.2, -0.15) is 0 Å². The molecule has 2 N–H and O–H groups in total. The van der Waals surface area contributed by atoms with E-state index in [0.717, 1.165) is 12.2 Å². The van der Waals surface area contributed by atoms with Crippen molar-refractivity contribution in [3.63, 3.8) is 0 Å². The number of amides is 1. The molecule has 0 aliphatic heterocycles. The fourth-order valence-electron chi connectivity index (χ4n) is 3.30. The summed E-state index contributed by atoms with van der Waals surface area (Å²) >= 11 is 1.38. The van der Waals surface area contributed by atoms with Crippen molar-refractivity contribution in [3.05, 3.63) is 77.6 Å². The van der Waals surface area contributed by atoms with Gasteiger partial charge in [-0.1, -0.05) is 72.4 Å². The van der Waals surface area contributed by atoms with Crippen molar-refractivity contribution >= 4 is 17.7 Å². The van der Waals surface area contributed by atoms with Crippen molar-refractivity contribution in [3.8, 4) is 0 Å². The van der Waals surface area contributed by atoms with Crippen molar-refractivity contribution in [2.45, 2.75) is 36.3 Å². The van der Waals surface area contributed by atoms with Crippen LogP contribution in [0.5, 0.6) is 0 Å². The Labute approximate surface area is 169 Å². The Morgan fingerprint density at radius 1 is 1.07 bits per heavy atom. The number of hydrogen-bond donors (Lipinski definition) is 2. The summed E-state index contributed by atoms with van der Waals surface area (Å²) in [6.07, 6.45) is 3.23. The molecular weight excluding hydrogens is 368 g/mol. The minimum Gasteiger partial charge on any atom is -0.355 e. The maximum absolute atomic E-state index is 12.2. The molecule has 5 nitrogen and oxygen atoms in total. The normalized spacial score (nSPS) is 13.6. The number of aromatic nitrogens is 3.